The lowest BCUT2D eigenvalue weighted by atomic mass is 9.78. The molecule has 12 heteroatoms. The Morgan fingerprint density at radius 1 is 1.00 bits per heavy atom. The van der Waals surface area contributed by atoms with Gasteiger partial charge in [0.15, 0.2) is 0 Å². The number of benzene rings is 2. The van der Waals surface area contributed by atoms with Crippen LogP contribution in [0.15, 0.2) is 36.4 Å². The van der Waals surface area contributed by atoms with Gasteiger partial charge in [0.25, 0.3) is 11.8 Å². The zero-order chi connectivity index (χ0) is 23.7. The van der Waals surface area contributed by atoms with E-state index in [1.165, 1.54) is 6.07 Å². The van der Waals surface area contributed by atoms with Gasteiger partial charge in [0.1, 0.15) is 6.54 Å². The molecule has 0 fully saturated rings. The van der Waals surface area contributed by atoms with Crippen molar-refractivity contribution in [3.8, 4) is 0 Å². The van der Waals surface area contributed by atoms with Crippen LogP contribution in [0.25, 0.3) is 0 Å². The van der Waals surface area contributed by atoms with Crippen molar-refractivity contribution in [2.24, 2.45) is 0 Å². The van der Waals surface area contributed by atoms with E-state index in [0.29, 0.717) is 16.5 Å². The summed E-state index contributed by atoms with van der Waals surface area (Å²) in [5.74, 6) is -2.16. The Balaban J connectivity index is 1.45. The van der Waals surface area contributed by atoms with Crippen LogP contribution in [-0.2, 0) is 27.3 Å². The molecule has 2 aliphatic heterocycles. The number of hydrogen-bond acceptors (Lipinski definition) is 7. The molecular weight excluding hydrogens is 430 g/mol. The van der Waals surface area contributed by atoms with Crippen LogP contribution in [-0.4, -0.2) is 71.2 Å². The van der Waals surface area contributed by atoms with Gasteiger partial charge in [-0.1, -0.05) is 12.1 Å². The van der Waals surface area contributed by atoms with Crippen LogP contribution in [0.5, 0.6) is 0 Å². The third-order valence-electron chi connectivity index (χ3n) is 5.61. The number of aliphatic carboxylic acids is 1. The van der Waals surface area contributed by atoms with Crippen LogP contribution in [0.2, 0.25) is 0 Å². The van der Waals surface area contributed by atoms with E-state index in [4.69, 9.17) is 9.31 Å². The fourth-order valence-corrected chi connectivity index (χ4v) is 3.95. The first-order chi connectivity index (χ1) is 15.7. The highest BCUT2D eigenvalue weighted by Gasteiger charge is 2.30. The Morgan fingerprint density at radius 2 is 1.55 bits per heavy atom. The number of carbonyl (C=O) groups is 3. The van der Waals surface area contributed by atoms with Gasteiger partial charge < -0.3 is 34.7 Å². The number of rotatable bonds is 7. The molecule has 0 bridgehead atoms. The molecule has 1 unspecified atom stereocenters. The van der Waals surface area contributed by atoms with E-state index < -0.39 is 44.6 Å². The number of carboxylic acids is 1. The number of nitrogens with one attached hydrogen (secondary N) is 1. The van der Waals surface area contributed by atoms with Crippen molar-refractivity contribution >= 4 is 42.9 Å². The van der Waals surface area contributed by atoms with E-state index >= 15 is 0 Å². The van der Waals surface area contributed by atoms with Crippen molar-refractivity contribution in [3.05, 3.63) is 58.7 Å². The van der Waals surface area contributed by atoms with Crippen molar-refractivity contribution in [2.75, 3.05) is 13.1 Å². The molecule has 2 aliphatic rings. The molecule has 4 N–H and O–H groups in total. The molecule has 10 nitrogen and oxygen atoms in total. The SMILES string of the molecule is CC(CN(CC(=O)O)C(=O)c1ccc2c(c1)B(O)OC2)NC(=O)c1ccc2c(c1)B(O)OC2. The molecule has 0 saturated carbocycles. The monoisotopic (exact) mass is 452 g/mol. The summed E-state index contributed by atoms with van der Waals surface area (Å²) in [5.41, 5.74) is 3.09. The largest absolute Gasteiger partial charge is 0.491 e. The minimum Gasteiger partial charge on any atom is -0.480 e. The van der Waals surface area contributed by atoms with Crippen LogP contribution in [0.4, 0.5) is 0 Å². The first-order valence-electron chi connectivity index (χ1n) is 10.4. The highest BCUT2D eigenvalue weighted by molar-refractivity contribution is 6.62. The number of hydrogen-bond donors (Lipinski definition) is 4. The smallest absolute Gasteiger partial charge is 0.480 e. The molecule has 2 heterocycles. The van der Waals surface area contributed by atoms with Crippen molar-refractivity contribution in [1.82, 2.24) is 10.2 Å². The average molecular weight is 452 g/mol. The van der Waals surface area contributed by atoms with Gasteiger partial charge >= 0.3 is 20.2 Å². The van der Waals surface area contributed by atoms with Crippen molar-refractivity contribution in [1.29, 1.82) is 0 Å². The third kappa shape index (κ3) is 4.93. The predicted molar refractivity (Wildman–Crippen MR) is 118 cm³/mol. The van der Waals surface area contributed by atoms with Crippen molar-refractivity contribution < 1.29 is 38.8 Å². The zero-order valence-corrected chi connectivity index (χ0v) is 17.9. The number of carboxylic acid groups (broad SMARTS) is 1. The molecular formula is C21H22B2N2O8. The van der Waals surface area contributed by atoms with Gasteiger partial charge in [0.2, 0.25) is 0 Å². The molecule has 0 aliphatic carbocycles. The lowest BCUT2D eigenvalue weighted by Gasteiger charge is -2.25. The number of amides is 2. The molecule has 0 saturated heterocycles. The summed E-state index contributed by atoms with van der Waals surface area (Å²) >= 11 is 0. The molecule has 170 valence electrons. The second kappa shape index (κ2) is 9.36. The van der Waals surface area contributed by atoms with Crippen molar-refractivity contribution in [3.63, 3.8) is 0 Å². The van der Waals surface area contributed by atoms with Gasteiger partial charge in [-0.05, 0) is 53.2 Å². The number of fused-ring (bicyclic) bond motifs is 2. The molecule has 0 aromatic heterocycles. The van der Waals surface area contributed by atoms with Crippen LogP contribution >= 0.6 is 0 Å². The highest BCUT2D eigenvalue weighted by atomic mass is 16.5. The molecule has 2 aromatic carbocycles. The zero-order valence-electron chi connectivity index (χ0n) is 17.9. The van der Waals surface area contributed by atoms with Gasteiger partial charge in [-0.2, -0.15) is 0 Å². The summed E-state index contributed by atoms with van der Waals surface area (Å²) in [6, 6.07) is 9.00. The Bertz CT molecular complexity index is 1110. The lowest BCUT2D eigenvalue weighted by Crippen LogP contribution is -2.46. The minimum absolute atomic E-state index is 0.0519. The van der Waals surface area contributed by atoms with E-state index in [1.54, 1.807) is 37.3 Å². The summed E-state index contributed by atoms with van der Waals surface area (Å²) in [4.78, 5) is 38.2. The van der Waals surface area contributed by atoms with Crippen LogP contribution in [0, 0.1) is 0 Å². The first kappa shape index (κ1) is 23.0. The molecule has 2 amide bonds. The second-order valence-electron chi connectivity index (χ2n) is 8.11. The maximum Gasteiger partial charge on any atom is 0.491 e. The number of nitrogens with zero attached hydrogens (tertiary/aromatic N) is 1. The van der Waals surface area contributed by atoms with Crippen LogP contribution in [0.3, 0.4) is 0 Å². The van der Waals surface area contributed by atoms with E-state index in [0.717, 1.165) is 16.0 Å². The Kier molecular flexibility index (Phi) is 6.52. The molecule has 4 rings (SSSR count). The predicted octanol–water partition coefficient (Wildman–Crippen LogP) is -1.53. The van der Waals surface area contributed by atoms with E-state index in [-0.39, 0.29) is 25.3 Å². The maximum absolute atomic E-state index is 13.0. The van der Waals surface area contributed by atoms with Gasteiger partial charge in [-0.25, -0.2) is 0 Å². The molecule has 0 spiro atoms. The van der Waals surface area contributed by atoms with E-state index in [2.05, 4.69) is 5.32 Å². The summed E-state index contributed by atoms with van der Waals surface area (Å²) in [7, 11) is -2.21. The third-order valence-corrected chi connectivity index (χ3v) is 5.61. The summed E-state index contributed by atoms with van der Waals surface area (Å²) < 4.78 is 10.3. The van der Waals surface area contributed by atoms with E-state index in [9.17, 15) is 29.5 Å². The fourth-order valence-electron chi connectivity index (χ4n) is 3.95. The molecule has 33 heavy (non-hydrogen) atoms. The summed E-state index contributed by atoms with van der Waals surface area (Å²) in [5, 5.41) is 31.8. The Labute approximate surface area is 190 Å². The minimum atomic E-state index is -1.20. The number of carbonyl (C=O) groups excluding carboxylic acids is 2. The van der Waals surface area contributed by atoms with Gasteiger partial charge in [0, 0.05) is 23.7 Å². The van der Waals surface area contributed by atoms with Crippen LogP contribution in [0.1, 0.15) is 38.8 Å². The Morgan fingerprint density at radius 3 is 2.12 bits per heavy atom. The molecule has 0 radical (unpaired) electrons. The first-order valence-corrected chi connectivity index (χ1v) is 10.4. The second-order valence-corrected chi connectivity index (χ2v) is 8.11. The van der Waals surface area contributed by atoms with Gasteiger partial charge in [-0.3, -0.25) is 14.4 Å². The van der Waals surface area contributed by atoms with Gasteiger partial charge in [-0.15, -0.1) is 0 Å². The van der Waals surface area contributed by atoms with Crippen molar-refractivity contribution in [2.45, 2.75) is 26.2 Å². The van der Waals surface area contributed by atoms with E-state index in [1.807, 2.05) is 0 Å². The quantitative estimate of drug-likeness (QED) is 0.371. The average Bonchev–Trinajstić information content (AvgIpc) is 3.34. The molecule has 1 atom stereocenters. The summed E-state index contributed by atoms with van der Waals surface area (Å²) in [6.07, 6.45) is 0. The summed E-state index contributed by atoms with van der Waals surface area (Å²) in [6.45, 7) is 1.55. The van der Waals surface area contributed by atoms with Crippen LogP contribution < -0.4 is 16.2 Å². The Hall–Kier alpha value is -3.18. The molecule has 2 aromatic rings. The lowest BCUT2D eigenvalue weighted by molar-refractivity contribution is -0.137. The topological polar surface area (TPSA) is 146 Å². The highest BCUT2D eigenvalue weighted by Crippen LogP contribution is 2.14. The normalized spacial score (nSPS) is 15.1. The maximum atomic E-state index is 13.0. The standard InChI is InChI=1S/C21H22B2N2O8/c1-12(24-20(28)13-2-4-15-10-32-22(30)17(15)6-13)8-25(9-19(26)27)21(29)14-3-5-16-11-33-23(31)18(16)7-14/h2-7,12,30-31H,8-11H2,1H3,(H,24,28)(H,26,27). The van der Waals surface area contributed by atoms with Gasteiger partial charge in [0.05, 0.1) is 13.2 Å². The fraction of sp³-hybridized carbons (Fsp3) is 0.286.